The highest BCUT2D eigenvalue weighted by Crippen LogP contribution is 2.21. The maximum Gasteiger partial charge on any atom is 0.417 e. The molecule has 0 amide bonds. The van der Waals surface area contributed by atoms with E-state index in [9.17, 15) is 4.79 Å². The van der Waals surface area contributed by atoms with Crippen LogP contribution < -0.4 is 11.5 Å². The molecule has 3 N–H and O–H groups in total. The van der Waals surface area contributed by atoms with Gasteiger partial charge in [-0.1, -0.05) is 32.3 Å². The largest absolute Gasteiger partial charge is 0.417 e. The fraction of sp³-hybridized carbons (Fsp3) is 0.462. The van der Waals surface area contributed by atoms with E-state index in [-0.39, 0.29) is 6.04 Å². The Balaban J connectivity index is 2.14. The van der Waals surface area contributed by atoms with Crippen molar-refractivity contribution in [3.8, 4) is 0 Å². The number of nitrogens with two attached hydrogens (primary N) is 1. The second kappa shape index (κ2) is 5.19. The maximum atomic E-state index is 11.0. The minimum absolute atomic E-state index is 0.0196. The van der Waals surface area contributed by atoms with Crippen LogP contribution in [-0.4, -0.2) is 4.98 Å². The highest BCUT2D eigenvalue weighted by molar-refractivity contribution is 5.72. The number of aromatic nitrogens is 1. The predicted octanol–water partition coefficient (Wildman–Crippen LogP) is 2.70. The van der Waals surface area contributed by atoms with Crippen molar-refractivity contribution in [1.29, 1.82) is 0 Å². The topological polar surface area (TPSA) is 72.0 Å². The van der Waals surface area contributed by atoms with Crippen molar-refractivity contribution < 1.29 is 4.42 Å². The molecule has 0 aliphatic rings. The molecular weight excluding hydrogens is 216 g/mol. The van der Waals surface area contributed by atoms with Gasteiger partial charge in [-0.05, 0) is 24.1 Å². The third-order valence-corrected chi connectivity index (χ3v) is 2.99. The summed E-state index contributed by atoms with van der Waals surface area (Å²) in [6, 6.07) is 5.66. The number of benzene rings is 1. The molecular formula is C13H18N2O2. The van der Waals surface area contributed by atoms with Gasteiger partial charge in [-0.25, -0.2) is 4.79 Å². The van der Waals surface area contributed by atoms with Crippen LogP contribution in [0.4, 0.5) is 0 Å². The summed E-state index contributed by atoms with van der Waals surface area (Å²) >= 11 is 0. The van der Waals surface area contributed by atoms with Gasteiger partial charge < -0.3 is 10.2 Å². The molecule has 0 bridgehead atoms. The molecule has 2 rings (SSSR count). The molecule has 0 aliphatic carbocycles. The van der Waals surface area contributed by atoms with Gasteiger partial charge in [0.25, 0.3) is 0 Å². The number of fused-ring (bicyclic) bond motifs is 1. The van der Waals surface area contributed by atoms with E-state index in [1.807, 2.05) is 18.2 Å². The van der Waals surface area contributed by atoms with E-state index >= 15 is 0 Å². The lowest BCUT2D eigenvalue weighted by Crippen LogP contribution is -2.09. The first-order valence-electron chi connectivity index (χ1n) is 6.09. The first-order chi connectivity index (χ1) is 8.20. The van der Waals surface area contributed by atoms with Gasteiger partial charge in [-0.3, -0.25) is 4.98 Å². The Morgan fingerprint density at radius 3 is 3.00 bits per heavy atom. The van der Waals surface area contributed by atoms with Crippen LogP contribution in [0.25, 0.3) is 11.1 Å². The molecule has 4 heteroatoms. The van der Waals surface area contributed by atoms with Crippen LogP contribution in [0.5, 0.6) is 0 Å². The van der Waals surface area contributed by atoms with Crippen molar-refractivity contribution >= 4 is 11.1 Å². The van der Waals surface area contributed by atoms with Crippen molar-refractivity contribution in [2.75, 3.05) is 0 Å². The van der Waals surface area contributed by atoms with Crippen LogP contribution in [0.2, 0.25) is 0 Å². The van der Waals surface area contributed by atoms with Crippen LogP contribution in [0.15, 0.2) is 27.4 Å². The lowest BCUT2D eigenvalue weighted by molar-refractivity contribution is 0.552. The Labute approximate surface area is 99.8 Å². The Kier molecular flexibility index (Phi) is 3.64. The Hall–Kier alpha value is -1.55. The molecule has 17 heavy (non-hydrogen) atoms. The van der Waals surface area contributed by atoms with Gasteiger partial charge in [-0.15, -0.1) is 0 Å². The second-order valence-corrected chi connectivity index (χ2v) is 4.37. The highest BCUT2D eigenvalue weighted by atomic mass is 16.4. The van der Waals surface area contributed by atoms with Gasteiger partial charge in [0.1, 0.15) is 0 Å². The van der Waals surface area contributed by atoms with Gasteiger partial charge in [0, 0.05) is 6.04 Å². The Bertz CT molecular complexity index is 542. The minimum atomic E-state index is -0.420. The van der Waals surface area contributed by atoms with Crippen LogP contribution in [0.3, 0.4) is 0 Å². The van der Waals surface area contributed by atoms with Gasteiger partial charge in [0.2, 0.25) is 0 Å². The number of H-pyrrole nitrogens is 1. The molecule has 0 spiro atoms. The SMILES string of the molecule is CCCCCC(N)c1ccc2[nH]c(=O)oc2c1. The predicted molar refractivity (Wildman–Crippen MR) is 67.9 cm³/mol. The Morgan fingerprint density at radius 1 is 1.41 bits per heavy atom. The molecule has 1 heterocycles. The van der Waals surface area contributed by atoms with E-state index in [1.165, 1.54) is 12.8 Å². The lowest BCUT2D eigenvalue weighted by atomic mass is 10.0. The molecule has 92 valence electrons. The maximum absolute atomic E-state index is 11.0. The smallest absolute Gasteiger partial charge is 0.408 e. The number of hydrogen-bond acceptors (Lipinski definition) is 3. The zero-order chi connectivity index (χ0) is 12.3. The van der Waals surface area contributed by atoms with E-state index in [4.69, 9.17) is 10.2 Å². The van der Waals surface area contributed by atoms with Crippen LogP contribution in [0.1, 0.15) is 44.2 Å². The van der Waals surface area contributed by atoms with E-state index in [1.54, 1.807) is 0 Å². The summed E-state index contributed by atoms with van der Waals surface area (Å²) in [7, 11) is 0. The fourth-order valence-electron chi connectivity index (χ4n) is 1.97. The molecule has 0 aliphatic heterocycles. The van der Waals surface area contributed by atoms with E-state index in [0.717, 1.165) is 23.9 Å². The third-order valence-electron chi connectivity index (χ3n) is 2.99. The summed E-state index contributed by atoms with van der Waals surface area (Å²) < 4.78 is 5.02. The summed E-state index contributed by atoms with van der Waals surface area (Å²) in [5.41, 5.74) is 8.43. The van der Waals surface area contributed by atoms with Crippen molar-refractivity contribution in [1.82, 2.24) is 4.98 Å². The van der Waals surface area contributed by atoms with Crippen LogP contribution >= 0.6 is 0 Å². The first-order valence-corrected chi connectivity index (χ1v) is 6.09. The molecule has 1 aromatic heterocycles. The second-order valence-electron chi connectivity index (χ2n) is 4.37. The summed E-state index contributed by atoms with van der Waals surface area (Å²) in [6.45, 7) is 2.17. The van der Waals surface area contributed by atoms with E-state index in [2.05, 4.69) is 11.9 Å². The highest BCUT2D eigenvalue weighted by Gasteiger charge is 2.08. The lowest BCUT2D eigenvalue weighted by Gasteiger charge is -2.11. The summed E-state index contributed by atoms with van der Waals surface area (Å²) in [5.74, 6) is -0.420. The van der Waals surface area contributed by atoms with Gasteiger partial charge >= 0.3 is 5.76 Å². The quantitative estimate of drug-likeness (QED) is 0.781. The molecule has 1 atom stereocenters. The van der Waals surface area contributed by atoms with Crippen molar-refractivity contribution in [3.05, 3.63) is 34.3 Å². The fourth-order valence-corrected chi connectivity index (χ4v) is 1.97. The van der Waals surface area contributed by atoms with Crippen molar-refractivity contribution in [3.63, 3.8) is 0 Å². The molecule has 0 fully saturated rings. The van der Waals surface area contributed by atoms with Crippen molar-refractivity contribution in [2.45, 2.75) is 38.6 Å². The summed E-state index contributed by atoms with van der Waals surface area (Å²) in [5, 5.41) is 0. The normalized spacial score (nSPS) is 13.1. The molecule has 1 unspecified atom stereocenters. The third kappa shape index (κ3) is 2.77. The van der Waals surface area contributed by atoms with Crippen molar-refractivity contribution in [2.24, 2.45) is 5.73 Å². The number of aromatic amines is 1. The number of oxazole rings is 1. The van der Waals surface area contributed by atoms with Crippen LogP contribution in [0, 0.1) is 0 Å². The standard InChI is InChI=1S/C13H18N2O2/c1-2-3-4-5-10(14)9-6-7-11-12(8-9)17-13(16)15-11/h6-8,10H,2-5,14H2,1H3,(H,15,16). The monoisotopic (exact) mass is 234 g/mol. The number of unbranched alkanes of at least 4 members (excludes halogenated alkanes) is 2. The zero-order valence-electron chi connectivity index (χ0n) is 10.0. The number of rotatable bonds is 5. The van der Waals surface area contributed by atoms with Crippen LogP contribution in [-0.2, 0) is 0 Å². The van der Waals surface area contributed by atoms with Gasteiger partial charge in [-0.2, -0.15) is 0 Å². The molecule has 2 aromatic rings. The minimum Gasteiger partial charge on any atom is -0.408 e. The summed E-state index contributed by atoms with van der Waals surface area (Å²) in [4.78, 5) is 13.6. The number of nitrogens with one attached hydrogen (secondary N) is 1. The average molecular weight is 234 g/mol. The molecule has 0 radical (unpaired) electrons. The molecule has 0 saturated carbocycles. The van der Waals surface area contributed by atoms with E-state index < -0.39 is 5.76 Å². The van der Waals surface area contributed by atoms with E-state index in [0.29, 0.717) is 5.58 Å². The zero-order valence-corrected chi connectivity index (χ0v) is 10.0. The average Bonchev–Trinajstić information content (AvgIpc) is 2.68. The molecule has 4 nitrogen and oxygen atoms in total. The van der Waals surface area contributed by atoms with Gasteiger partial charge in [0.05, 0.1) is 5.52 Å². The molecule has 0 saturated heterocycles. The molecule has 1 aromatic carbocycles. The first kappa shape index (κ1) is 11.9. The summed E-state index contributed by atoms with van der Waals surface area (Å²) in [6.07, 6.45) is 4.49. The van der Waals surface area contributed by atoms with Gasteiger partial charge in [0.15, 0.2) is 5.58 Å². The Morgan fingerprint density at radius 2 is 2.24 bits per heavy atom. The number of hydrogen-bond donors (Lipinski definition) is 2.